The molecule has 0 saturated heterocycles. The van der Waals surface area contributed by atoms with E-state index in [2.05, 4.69) is 10.6 Å². The Morgan fingerprint density at radius 3 is 2.43 bits per heavy atom. The molecule has 2 aromatic rings. The van der Waals surface area contributed by atoms with Gasteiger partial charge >= 0.3 is 11.9 Å². The third-order valence-electron chi connectivity index (χ3n) is 4.05. The number of anilines is 2. The first kappa shape index (κ1) is 21.4. The van der Waals surface area contributed by atoms with E-state index >= 15 is 0 Å². The largest absolute Gasteiger partial charge is 0.462 e. The van der Waals surface area contributed by atoms with Crippen molar-refractivity contribution in [1.29, 1.82) is 0 Å². The van der Waals surface area contributed by atoms with E-state index < -0.39 is 24.5 Å². The van der Waals surface area contributed by atoms with Crippen molar-refractivity contribution >= 4 is 39.9 Å². The van der Waals surface area contributed by atoms with Gasteiger partial charge in [0, 0.05) is 17.6 Å². The molecule has 1 aromatic heterocycles. The van der Waals surface area contributed by atoms with Crippen molar-refractivity contribution in [3.05, 3.63) is 45.8 Å². The maximum atomic E-state index is 12.3. The highest BCUT2D eigenvalue weighted by Crippen LogP contribution is 2.34. The molecule has 0 unspecified atom stereocenters. The lowest BCUT2D eigenvalue weighted by Gasteiger charge is -2.10. The van der Waals surface area contributed by atoms with E-state index in [0.29, 0.717) is 21.8 Å². The molecule has 0 bridgehead atoms. The highest BCUT2D eigenvalue weighted by atomic mass is 32.1. The first-order chi connectivity index (χ1) is 13.4. The molecule has 2 rings (SSSR count). The van der Waals surface area contributed by atoms with Crippen LogP contribution >= 0.6 is 11.3 Å². The van der Waals surface area contributed by atoms with Crippen LogP contribution in [0.4, 0.5) is 10.7 Å². The fourth-order valence-corrected chi connectivity index (χ4v) is 3.83. The Morgan fingerprint density at radius 1 is 1.07 bits per heavy atom. The van der Waals surface area contributed by atoms with E-state index in [1.807, 2.05) is 13.8 Å². The molecule has 0 aliphatic heterocycles. The molecule has 1 amide bonds. The Hall–Kier alpha value is -2.87. The van der Waals surface area contributed by atoms with E-state index in [4.69, 9.17) is 9.47 Å². The number of aryl methyl sites for hydroxylation is 1. The number of hydrogen-bond donors (Lipinski definition) is 2. The van der Waals surface area contributed by atoms with Crippen molar-refractivity contribution in [2.75, 3.05) is 30.9 Å². The van der Waals surface area contributed by atoms with E-state index in [1.54, 1.807) is 38.2 Å². The molecule has 0 aliphatic carbocycles. The molecule has 2 N–H and O–H groups in total. The number of esters is 2. The van der Waals surface area contributed by atoms with Gasteiger partial charge in [-0.3, -0.25) is 4.79 Å². The summed E-state index contributed by atoms with van der Waals surface area (Å²) in [6, 6.07) is 6.85. The Kier molecular flexibility index (Phi) is 7.57. The van der Waals surface area contributed by atoms with Crippen molar-refractivity contribution in [3.8, 4) is 0 Å². The van der Waals surface area contributed by atoms with Crippen LogP contribution in [0.15, 0.2) is 24.3 Å². The minimum Gasteiger partial charge on any atom is -0.462 e. The molecular formula is C20H24N2O5S. The third kappa shape index (κ3) is 4.89. The molecular weight excluding hydrogens is 380 g/mol. The number of para-hydroxylation sites is 1. The summed E-state index contributed by atoms with van der Waals surface area (Å²) in [7, 11) is 1.69. The van der Waals surface area contributed by atoms with Crippen molar-refractivity contribution in [2.45, 2.75) is 27.2 Å². The van der Waals surface area contributed by atoms with E-state index in [0.717, 1.165) is 16.9 Å². The van der Waals surface area contributed by atoms with Gasteiger partial charge in [-0.25, -0.2) is 9.59 Å². The van der Waals surface area contributed by atoms with Crippen LogP contribution in [0.2, 0.25) is 0 Å². The van der Waals surface area contributed by atoms with Gasteiger partial charge in [0.15, 0.2) is 6.61 Å². The summed E-state index contributed by atoms with van der Waals surface area (Å²) in [6.45, 7) is 5.30. The molecule has 0 aliphatic rings. The number of nitrogens with one attached hydrogen (secondary N) is 2. The number of carbonyl (C=O) groups excluding carboxylic acids is 3. The quantitative estimate of drug-likeness (QED) is 0.653. The van der Waals surface area contributed by atoms with Gasteiger partial charge in [-0.1, -0.05) is 19.1 Å². The zero-order valence-electron chi connectivity index (χ0n) is 16.4. The Balaban J connectivity index is 2.09. The SMILES string of the molecule is CCOC(=O)c1c(NC(=O)COC(=O)c2ccccc2NC)sc(CC)c1C. The maximum absolute atomic E-state index is 12.3. The number of ether oxygens (including phenoxy) is 2. The van der Waals surface area contributed by atoms with E-state index in [1.165, 1.54) is 11.3 Å². The van der Waals surface area contributed by atoms with Crippen LogP contribution in [0.5, 0.6) is 0 Å². The topological polar surface area (TPSA) is 93.7 Å². The van der Waals surface area contributed by atoms with E-state index in [-0.39, 0.29) is 6.61 Å². The summed E-state index contributed by atoms with van der Waals surface area (Å²) < 4.78 is 10.2. The average Bonchev–Trinajstić information content (AvgIpc) is 3.01. The zero-order chi connectivity index (χ0) is 20.7. The molecule has 8 heteroatoms. The Morgan fingerprint density at radius 2 is 1.79 bits per heavy atom. The van der Waals surface area contributed by atoms with Gasteiger partial charge in [-0.05, 0) is 38.0 Å². The van der Waals surface area contributed by atoms with Gasteiger partial charge in [0.1, 0.15) is 5.00 Å². The second kappa shape index (κ2) is 9.89. The molecule has 150 valence electrons. The predicted octanol–water partition coefficient (Wildman–Crippen LogP) is 3.63. The predicted molar refractivity (Wildman–Crippen MR) is 109 cm³/mol. The molecule has 0 spiro atoms. The smallest absolute Gasteiger partial charge is 0.341 e. The Labute approximate surface area is 168 Å². The molecule has 28 heavy (non-hydrogen) atoms. The lowest BCUT2D eigenvalue weighted by atomic mass is 10.1. The lowest BCUT2D eigenvalue weighted by Crippen LogP contribution is -2.22. The van der Waals surface area contributed by atoms with Gasteiger partial charge in [0.2, 0.25) is 0 Å². The van der Waals surface area contributed by atoms with Crippen molar-refractivity contribution < 1.29 is 23.9 Å². The number of hydrogen-bond acceptors (Lipinski definition) is 7. The Bertz CT molecular complexity index is 875. The molecule has 7 nitrogen and oxygen atoms in total. The van der Waals surface area contributed by atoms with Gasteiger partial charge in [-0.2, -0.15) is 0 Å². The fourth-order valence-electron chi connectivity index (χ4n) is 2.69. The van der Waals surface area contributed by atoms with Gasteiger partial charge in [-0.15, -0.1) is 11.3 Å². The van der Waals surface area contributed by atoms with Crippen molar-refractivity contribution in [2.24, 2.45) is 0 Å². The number of rotatable bonds is 8. The molecule has 0 fully saturated rings. The fraction of sp³-hybridized carbons (Fsp3) is 0.350. The zero-order valence-corrected chi connectivity index (χ0v) is 17.2. The second-order valence-corrected chi connectivity index (χ2v) is 6.95. The van der Waals surface area contributed by atoms with Gasteiger partial charge in [0.25, 0.3) is 5.91 Å². The van der Waals surface area contributed by atoms with Gasteiger partial charge < -0.3 is 20.1 Å². The number of thiophene rings is 1. The van der Waals surface area contributed by atoms with Crippen LogP contribution in [0.25, 0.3) is 0 Å². The van der Waals surface area contributed by atoms with Crippen LogP contribution in [-0.2, 0) is 20.7 Å². The normalized spacial score (nSPS) is 10.3. The van der Waals surface area contributed by atoms with Crippen LogP contribution < -0.4 is 10.6 Å². The monoisotopic (exact) mass is 404 g/mol. The summed E-state index contributed by atoms with van der Waals surface area (Å²) >= 11 is 1.32. The highest BCUT2D eigenvalue weighted by Gasteiger charge is 2.23. The summed E-state index contributed by atoms with van der Waals surface area (Å²) in [4.78, 5) is 37.8. The summed E-state index contributed by atoms with van der Waals surface area (Å²) in [6.07, 6.45) is 0.731. The number of amides is 1. The number of benzene rings is 1. The van der Waals surface area contributed by atoms with Crippen LogP contribution in [0.1, 0.15) is 45.0 Å². The second-order valence-electron chi connectivity index (χ2n) is 5.85. The standard InChI is InChI=1S/C20H24N2O5S/c1-5-15-12(3)17(20(25)26-6-2)18(28-15)22-16(23)11-27-19(24)13-9-7-8-10-14(13)21-4/h7-10,21H,5-6,11H2,1-4H3,(H,22,23). The summed E-state index contributed by atoms with van der Waals surface area (Å²) in [5, 5.41) is 5.97. The first-order valence-corrected chi connectivity index (χ1v) is 9.77. The van der Waals surface area contributed by atoms with Crippen LogP contribution in [0.3, 0.4) is 0 Å². The molecule has 1 heterocycles. The van der Waals surface area contributed by atoms with Crippen LogP contribution in [-0.4, -0.2) is 38.1 Å². The van der Waals surface area contributed by atoms with Crippen LogP contribution in [0, 0.1) is 6.92 Å². The average molecular weight is 404 g/mol. The maximum Gasteiger partial charge on any atom is 0.341 e. The molecule has 0 atom stereocenters. The van der Waals surface area contributed by atoms with Crippen molar-refractivity contribution in [1.82, 2.24) is 0 Å². The molecule has 0 radical (unpaired) electrons. The summed E-state index contributed by atoms with van der Waals surface area (Å²) in [5.74, 6) is -1.61. The van der Waals surface area contributed by atoms with Crippen molar-refractivity contribution in [3.63, 3.8) is 0 Å². The van der Waals surface area contributed by atoms with Gasteiger partial charge in [0.05, 0.1) is 17.7 Å². The highest BCUT2D eigenvalue weighted by molar-refractivity contribution is 7.17. The first-order valence-electron chi connectivity index (χ1n) is 8.95. The molecule has 0 saturated carbocycles. The third-order valence-corrected chi connectivity index (χ3v) is 5.40. The lowest BCUT2D eigenvalue weighted by molar-refractivity contribution is -0.119. The van der Waals surface area contributed by atoms with E-state index in [9.17, 15) is 14.4 Å². The molecule has 1 aromatic carbocycles. The summed E-state index contributed by atoms with van der Waals surface area (Å²) in [5.41, 5.74) is 2.09. The minimum absolute atomic E-state index is 0.242. The number of carbonyl (C=O) groups is 3. The minimum atomic E-state index is -0.609.